The van der Waals surface area contributed by atoms with Gasteiger partial charge >= 0.3 is 0 Å². The summed E-state index contributed by atoms with van der Waals surface area (Å²) >= 11 is 5.86. The number of carbonyl (C=O) groups excluding carboxylic acids is 1. The molecular formula is C12H10ClNO. The number of fused-ring (bicyclic) bond motifs is 1. The van der Waals surface area contributed by atoms with Crippen LogP contribution in [0.1, 0.15) is 10.4 Å². The summed E-state index contributed by atoms with van der Waals surface area (Å²) in [7, 11) is 0. The molecule has 2 nitrogen and oxygen atoms in total. The zero-order valence-electron chi connectivity index (χ0n) is 8.03. The summed E-state index contributed by atoms with van der Waals surface area (Å²) in [6.45, 7) is 0.0408. The average molecular weight is 220 g/mol. The molecule has 2 aromatic carbocycles. The Hall–Kier alpha value is -1.38. The van der Waals surface area contributed by atoms with E-state index in [1.807, 2.05) is 24.3 Å². The fourth-order valence-corrected chi connectivity index (χ4v) is 1.69. The zero-order chi connectivity index (χ0) is 10.8. The average Bonchev–Trinajstić information content (AvgIpc) is 2.27. The van der Waals surface area contributed by atoms with Crippen LogP contribution in [0.2, 0.25) is 5.02 Å². The topological polar surface area (TPSA) is 43.1 Å². The molecule has 0 unspecified atom stereocenters. The van der Waals surface area contributed by atoms with Gasteiger partial charge in [-0.25, -0.2) is 0 Å². The Morgan fingerprint density at radius 1 is 1.13 bits per heavy atom. The highest BCUT2D eigenvalue weighted by atomic mass is 35.5. The van der Waals surface area contributed by atoms with Crippen molar-refractivity contribution < 1.29 is 4.79 Å². The largest absolute Gasteiger partial charge is 0.324 e. The molecule has 0 bridgehead atoms. The minimum atomic E-state index is -0.0492. The smallest absolute Gasteiger partial charge is 0.176 e. The predicted molar refractivity (Wildman–Crippen MR) is 62.3 cm³/mol. The summed E-state index contributed by atoms with van der Waals surface area (Å²) in [4.78, 5) is 11.4. The van der Waals surface area contributed by atoms with E-state index in [1.165, 1.54) is 0 Å². The molecule has 0 atom stereocenters. The normalized spacial score (nSPS) is 10.5. The molecule has 0 fully saturated rings. The summed E-state index contributed by atoms with van der Waals surface area (Å²) in [5.41, 5.74) is 5.95. The first-order chi connectivity index (χ1) is 7.20. The van der Waals surface area contributed by atoms with Gasteiger partial charge in [0.15, 0.2) is 5.78 Å². The van der Waals surface area contributed by atoms with E-state index < -0.39 is 0 Å². The molecule has 2 rings (SSSR count). The lowest BCUT2D eigenvalue weighted by molar-refractivity contribution is 0.100. The molecule has 2 N–H and O–H groups in total. The Kier molecular flexibility index (Phi) is 2.71. The summed E-state index contributed by atoms with van der Waals surface area (Å²) in [5.74, 6) is -0.0492. The van der Waals surface area contributed by atoms with Gasteiger partial charge in [0.2, 0.25) is 0 Å². The maximum atomic E-state index is 11.4. The van der Waals surface area contributed by atoms with Crippen LogP contribution in [0.5, 0.6) is 0 Å². The number of hydrogen-bond donors (Lipinski definition) is 1. The van der Waals surface area contributed by atoms with Gasteiger partial charge in [-0.15, -0.1) is 0 Å². The van der Waals surface area contributed by atoms with Crippen LogP contribution >= 0.6 is 11.6 Å². The Morgan fingerprint density at radius 2 is 1.80 bits per heavy atom. The third-order valence-corrected chi connectivity index (χ3v) is 2.54. The van der Waals surface area contributed by atoms with Crippen LogP contribution in [0.25, 0.3) is 10.8 Å². The van der Waals surface area contributed by atoms with Crippen molar-refractivity contribution in [2.45, 2.75) is 0 Å². The number of halogens is 1. The number of ketones is 1. The minimum Gasteiger partial charge on any atom is -0.324 e. The van der Waals surface area contributed by atoms with E-state index in [0.29, 0.717) is 10.6 Å². The third kappa shape index (κ3) is 2.01. The van der Waals surface area contributed by atoms with E-state index >= 15 is 0 Å². The van der Waals surface area contributed by atoms with Gasteiger partial charge in [-0.3, -0.25) is 4.79 Å². The summed E-state index contributed by atoms with van der Waals surface area (Å²) in [5, 5.41) is 2.72. The van der Waals surface area contributed by atoms with E-state index in [-0.39, 0.29) is 12.3 Å². The van der Waals surface area contributed by atoms with Crippen molar-refractivity contribution in [3.05, 3.63) is 47.0 Å². The highest BCUT2D eigenvalue weighted by molar-refractivity contribution is 6.31. The van der Waals surface area contributed by atoms with Crippen LogP contribution in [0.4, 0.5) is 0 Å². The monoisotopic (exact) mass is 219 g/mol. The van der Waals surface area contributed by atoms with Crippen LogP contribution in [0, 0.1) is 0 Å². The van der Waals surface area contributed by atoms with Crippen molar-refractivity contribution in [2.24, 2.45) is 5.73 Å². The summed E-state index contributed by atoms with van der Waals surface area (Å²) in [6, 6.07) is 11.1. The van der Waals surface area contributed by atoms with Gasteiger partial charge in [0.05, 0.1) is 6.54 Å². The maximum absolute atomic E-state index is 11.4. The molecule has 3 heteroatoms. The van der Waals surface area contributed by atoms with Gasteiger partial charge in [0.25, 0.3) is 0 Å². The van der Waals surface area contributed by atoms with E-state index in [2.05, 4.69) is 0 Å². The second kappa shape index (κ2) is 4.01. The first kappa shape index (κ1) is 10.1. The van der Waals surface area contributed by atoms with E-state index in [4.69, 9.17) is 17.3 Å². The molecule has 0 aliphatic heterocycles. The Balaban J connectivity index is 2.57. The molecule has 0 aliphatic rings. The molecule has 0 aromatic heterocycles. The van der Waals surface area contributed by atoms with Gasteiger partial charge in [-0.1, -0.05) is 29.8 Å². The summed E-state index contributed by atoms with van der Waals surface area (Å²) < 4.78 is 0. The number of hydrogen-bond acceptors (Lipinski definition) is 2. The highest BCUT2D eigenvalue weighted by Crippen LogP contribution is 2.20. The number of benzene rings is 2. The van der Waals surface area contributed by atoms with E-state index in [1.54, 1.807) is 12.1 Å². The lowest BCUT2D eigenvalue weighted by Crippen LogP contribution is -2.13. The van der Waals surface area contributed by atoms with Crippen LogP contribution in [0.3, 0.4) is 0 Å². The number of Topliss-reactive ketones (excluding diaryl/α,β-unsaturated/α-hetero) is 1. The van der Waals surface area contributed by atoms with Crippen LogP contribution in [-0.2, 0) is 0 Å². The SMILES string of the molecule is NCC(=O)c1ccc2cc(Cl)ccc2c1. The fraction of sp³-hybridized carbons (Fsp3) is 0.0833. The number of nitrogens with two attached hydrogens (primary N) is 1. The first-order valence-corrected chi connectivity index (χ1v) is 5.01. The molecule has 0 spiro atoms. The van der Waals surface area contributed by atoms with Crippen molar-refractivity contribution in [2.75, 3.05) is 6.54 Å². The van der Waals surface area contributed by atoms with Gasteiger partial charge < -0.3 is 5.73 Å². The lowest BCUT2D eigenvalue weighted by atomic mass is 10.0. The van der Waals surface area contributed by atoms with Crippen LogP contribution in [0.15, 0.2) is 36.4 Å². The molecule has 0 aliphatic carbocycles. The molecule has 0 radical (unpaired) electrons. The molecule has 15 heavy (non-hydrogen) atoms. The van der Waals surface area contributed by atoms with Crippen molar-refractivity contribution >= 4 is 28.2 Å². The van der Waals surface area contributed by atoms with Gasteiger partial charge in [0.1, 0.15) is 0 Å². The van der Waals surface area contributed by atoms with E-state index in [9.17, 15) is 4.79 Å². The standard InChI is InChI=1S/C12H10ClNO/c13-11-4-3-8-5-10(12(15)7-14)2-1-9(8)6-11/h1-6H,7,14H2. The first-order valence-electron chi connectivity index (χ1n) is 4.63. The predicted octanol–water partition coefficient (Wildman–Crippen LogP) is 2.63. The Bertz CT molecular complexity index is 522. The zero-order valence-corrected chi connectivity index (χ0v) is 8.79. The van der Waals surface area contributed by atoms with Crippen molar-refractivity contribution in [1.29, 1.82) is 0 Å². The molecule has 76 valence electrons. The van der Waals surface area contributed by atoms with Crippen LogP contribution in [-0.4, -0.2) is 12.3 Å². The van der Waals surface area contributed by atoms with Gasteiger partial charge in [-0.05, 0) is 29.0 Å². The minimum absolute atomic E-state index is 0.0408. The molecule has 2 aromatic rings. The second-order valence-electron chi connectivity index (χ2n) is 3.33. The third-order valence-electron chi connectivity index (χ3n) is 2.31. The van der Waals surface area contributed by atoms with Crippen molar-refractivity contribution in [3.63, 3.8) is 0 Å². The molecule has 0 amide bonds. The molecule has 0 heterocycles. The fourth-order valence-electron chi connectivity index (χ4n) is 1.51. The molecule has 0 saturated heterocycles. The van der Waals surface area contributed by atoms with Crippen LogP contribution < -0.4 is 5.73 Å². The lowest BCUT2D eigenvalue weighted by Gasteiger charge is -2.01. The quantitative estimate of drug-likeness (QED) is 0.790. The van der Waals surface area contributed by atoms with Crippen molar-refractivity contribution in [1.82, 2.24) is 0 Å². The Labute approximate surface area is 92.6 Å². The molecular weight excluding hydrogens is 210 g/mol. The maximum Gasteiger partial charge on any atom is 0.176 e. The van der Waals surface area contributed by atoms with Gasteiger partial charge in [0, 0.05) is 10.6 Å². The summed E-state index contributed by atoms with van der Waals surface area (Å²) in [6.07, 6.45) is 0. The molecule has 0 saturated carbocycles. The second-order valence-corrected chi connectivity index (χ2v) is 3.77. The van der Waals surface area contributed by atoms with Crippen molar-refractivity contribution in [3.8, 4) is 0 Å². The Morgan fingerprint density at radius 3 is 2.53 bits per heavy atom. The van der Waals surface area contributed by atoms with E-state index in [0.717, 1.165) is 10.8 Å². The highest BCUT2D eigenvalue weighted by Gasteiger charge is 2.03. The number of carbonyl (C=O) groups is 1. The number of rotatable bonds is 2. The van der Waals surface area contributed by atoms with Gasteiger partial charge in [-0.2, -0.15) is 0 Å².